The molecule has 21 heavy (non-hydrogen) atoms. The Kier molecular flexibility index (Phi) is 5.54. The minimum Gasteiger partial charge on any atom is -0.396 e. The SMILES string of the molecule is CC1(C)CC(C(CCCO)C(=O)c2ccccc2)CCO1. The fraction of sp³-hybridized carbons (Fsp3) is 0.611. The lowest BCUT2D eigenvalue weighted by atomic mass is 9.74. The van der Waals surface area contributed by atoms with E-state index in [1.54, 1.807) is 0 Å². The molecule has 1 aromatic carbocycles. The van der Waals surface area contributed by atoms with Crippen molar-refractivity contribution in [2.45, 2.75) is 45.1 Å². The van der Waals surface area contributed by atoms with Gasteiger partial charge in [0, 0.05) is 24.7 Å². The highest BCUT2D eigenvalue weighted by molar-refractivity contribution is 5.98. The molecule has 1 aromatic rings. The summed E-state index contributed by atoms with van der Waals surface area (Å²) < 4.78 is 5.77. The van der Waals surface area contributed by atoms with Gasteiger partial charge >= 0.3 is 0 Å². The maximum absolute atomic E-state index is 12.8. The van der Waals surface area contributed by atoms with Crippen LogP contribution in [0.1, 0.15) is 49.9 Å². The molecule has 116 valence electrons. The van der Waals surface area contributed by atoms with Crippen LogP contribution in [-0.4, -0.2) is 29.7 Å². The van der Waals surface area contributed by atoms with Gasteiger partial charge in [0.2, 0.25) is 0 Å². The Balaban J connectivity index is 2.15. The Labute approximate surface area is 127 Å². The maximum Gasteiger partial charge on any atom is 0.166 e. The first-order valence-corrected chi connectivity index (χ1v) is 7.87. The number of Topliss-reactive ketones (excluding diaryl/α,β-unsaturated/α-hetero) is 1. The van der Waals surface area contributed by atoms with Crippen LogP contribution in [0, 0.1) is 11.8 Å². The number of benzene rings is 1. The van der Waals surface area contributed by atoms with E-state index in [0.717, 1.165) is 31.4 Å². The van der Waals surface area contributed by atoms with Crippen LogP contribution in [0.4, 0.5) is 0 Å². The first-order chi connectivity index (χ1) is 10.0. The standard InChI is InChI=1S/C18H26O3/c1-18(2)13-15(10-12-21-18)16(9-6-11-19)17(20)14-7-4-3-5-8-14/h3-5,7-8,15-16,19H,6,9-13H2,1-2H3. The summed E-state index contributed by atoms with van der Waals surface area (Å²) in [4.78, 5) is 12.8. The van der Waals surface area contributed by atoms with Gasteiger partial charge in [-0.25, -0.2) is 0 Å². The van der Waals surface area contributed by atoms with Crippen molar-refractivity contribution in [3.05, 3.63) is 35.9 Å². The number of hydrogen-bond acceptors (Lipinski definition) is 3. The highest BCUT2D eigenvalue weighted by Crippen LogP contribution is 2.36. The Hall–Kier alpha value is -1.19. The van der Waals surface area contributed by atoms with Gasteiger partial charge in [-0.15, -0.1) is 0 Å². The molecule has 1 aliphatic rings. The number of carbonyl (C=O) groups is 1. The van der Waals surface area contributed by atoms with Gasteiger partial charge in [0.15, 0.2) is 5.78 Å². The molecule has 3 nitrogen and oxygen atoms in total. The zero-order valence-corrected chi connectivity index (χ0v) is 13.0. The van der Waals surface area contributed by atoms with Crippen LogP contribution in [-0.2, 0) is 4.74 Å². The molecule has 3 heteroatoms. The number of rotatable bonds is 6. The van der Waals surface area contributed by atoms with Crippen LogP contribution in [0.3, 0.4) is 0 Å². The molecule has 1 fully saturated rings. The van der Waals surface area contributed by atoms with Gasteiger partial charge in [-0.2, -0.15) is 0 Å². The van der Waals surface area contributed by atoms with E-state index in [2.05, 4.69) is 13.8 Å². The molecular formula is C18H26O3. The van der Waals surface area contributed by atoms with E-state index in [-0.39, 0.29) is 23.9 Å². The van der Waals surface area contributed by atoms with Crippen LogP contribution >= 0.6 is 0 Å². The third kappa shape index (κ3) is 4.39. The minimum absolute atomic E-state index is 0.0114. The van der Waals surface area contributed by atoms with Crippen LogP contribution in [0.15, 0.2) is 30.3 Å². The number of aliphatic hydroxyl groups is 1. The summed E-state index contributed by atoms with van der Waals surface area (Å²) in [5.74, 6) is 0.544. The lowest BCUT2D eigenvalue weighted by Crippen LogP contribution is -2.39. The number of hydrogen-bond donors (Lipinski definition) is 1. The molecule has 1 N–H and O–H groups in total. The van der Waals surface area contributed by atoms with Gasteiger partial charge in [-0.3, -0.25) is 4.79 Å². The van der Waals surface area contributed by atoms with Gasteiger partial charge < -0.3 is 9.84 Å². The lowest BCUT2D eigenvalue weighted by Gasteiger charge is -2.38. The summed E-state index contributed by atoms with van der Waals surface area (Å²) in [6.07, 6.45) is 3.27. The van der Waals surface area contributed by atoms with Crippen LogP contribution in [0.25, 0.3) is 0 Å². The average molecular weight is 290 g/mol. The average Bonchev–Trinajstić information content (AvgIpc) is 2.47. The summed E-state index contributed by atoms with van der Waals surface area (Å²) in [7, 11) is 0. The van der Waals surface area contributed by atoms with Crippen molar-refractivity contribution < 1.29 is 14.6 Å². The summed E-state index contributed by atoms with van der Waals surface area (Å²) >= 11 is 0. The third-order valence-corrected chi connectivity index (χ3v) is 4.37. The molecule has 2 unspecified atom stereocenters. The molecule has 1 heterocycles. The van der Waals surface area contributed by atoms with E-state index >= 15 is 0 Å². The molecule has 1 aliphatic heterocycles. The summed E-state index contributed by atoms with van der Waals surface area (Å²) in [5.41, 5.74) is 0.627. The van der Waals surface area contributed by atoms with Gasteiger partial charge in [0.1, 0.15) is 0 Å². The van der Waals surface area contributed by atoms with Crippen molar-refractivity contribution >= 4 is 5.78 Å². The molecule has 0 radical (unpaired) electrons. The number of aliphatic hydroxyl groups excluding tert-OH is 1. The van der Waals surface area contributed by atoms with Gasteiger partial charge in [0.05, 0.1) is 5.60 Å². The van der Waals surface area contributed by atoms with Crippen molar-refractivity contribution in [2.75, 3.05) is 13.2 Å². The topological polar surface area (TPSA) is 46.5 Å². The second-order valence-electron chi connectivity index (χ2n) is 6.56. The number of ether oxygens (including phenoxy) is 1. The molecule has 0 aliphatic carbocycles. The largest absolute Gasteiger partial charge is 0.396 e. The highest BCUT2D eigenvalue weighted by Gasteiger charge is 2.36. The molecule has 0 saturated carbocycles. The highest BCUT2D eigenvalue weighted by atomic mass is 16.5. The second kappa shape index (κ2) is 7.19. The predicted octanol–water partition coefficient (Wildman–Crippen LogP) is 3.46. The Morgan fingerprint density at radius 2 is 2.10 bits per heavy atom. The van der Waals surface area contributed by atoms with E-state index in [0.29, 0.717) is 12.3 Å². The zero-order chi connectivity index (χ0) is 15.3. The molecule has 1 saturated heterocycles. The van der Waals surface area contributed by atoms with Crippen molar-refractivity contribution in [1.82, 2.24) is 0 Å². The van der Waals surface area contributed by atoms with E-state index < -0.39 is 0 Å². The van der Waals surface area contributed by atoms with Gasteiger partial charge in [-0.05, 0) is 45.4 Å². The molecule has 2 rings (SSSR count). The summed E-state index contributed by atoms with van der Waals surface area (Å²) in [5, 5.41) is 9.13. The normalized spacial score (nSPS) is 22.7. The van der Waals surface area contributed by atoms with Gasteiger partial charge in [-0.1, -0.05) is 30.3 Å². The minimum atomic E-state index is -0.155. The molecular weight excluding hydrogens is 264 g/mol. The second-order valence-corrected chi connectivity index (χ2v) is 6.56. The lowest BCUT2D eigenvalue weighted by molar-refractivity contribution is -0.0803. The van der Waals surface area contributed by atoms with Crippen LogP contribution < -0.4 is 0 Å². The van der Waals surface area contributed by atoms with E-state index in [1.165, 1.54) is 0 Å². The van der Waals surface area contributed by atoms with E-state index in [4.69, 9.17) is 9.84 Å². The van der Waals surface area contributed by atoms with Crippen molar-refractivity contribution in [3.8, 4) is 0 Å². The number of ketones is 1. The zero-order valence-electron chi connectivity index (χ0n) is 13.0. The summed E-state index contributed by atoms with van der Waals surface area (Å²) in [6, 6.07) is 9.52. The fourth-order valence-electron chi connectivity index (χ4n) is 3.33. The fourth-order valence-corrected chi connectivity index (χ4v) is 3.33. The Morgan fingerprint density at radius 1 is 1.38 bits per heavy atom. The monoisotopic (exact) mass is 290 g/mol. The van der Waals surface area contributed by atoms with Gasteiger partial charge in [0.25, 0.3) is 0 Å². The van der Waals surface area contributed by atoms with Crippen LogP contribution in [0.5, 0.6) is 0 Å². The first kappa shape index (κ1) is 16.2. The summed E-state index contributed by atoms with van der Waals surface area (Å²) in [6.45, 7) is 5.05. The Bertz CT molecular complexity index is 453. The quantitative estimate of drug-likeness (QED) is 0.816. The molecule has 0 spiro atoms. The van der Waals surface area contributed by atoms with Crippen LogP contribution in [0.2, 0.25) is 0 Å². The Morgan fingerprint density at radius 3 is 2.71 bits per heavy atom. The first-order valence-electron chi connectivity index (χ1n) is 7.87. The van der Waals surface area contributed by atoms with Crippen molar-refractivity contribution in [1.29, 1.82) is 0 Å². The molecule has 0 aromatic heterocycles. The molecule has 0 amide bonds. The maximum atomic E-state index is 12.8. The predicted molar refractivity (Wildman–Crippen MR) is 83.3 cm³/mol. The van der Waals surface area contributed by atoms with E-state index in [1.807, 2.05) is 30.3 Å². The van der Waals surface area contributed by atoms with Crippen molar-refractivity contribution in [2.24, 2.45) is 11.8 Å². The molecule has 2 atom stereocenters. The van der Waals surface area contributed by atoms with E-state index in [9.17, 15) is 4.79 Å². The molecule has 0 bridgehead atoms. The van der Waals surface area contributed by atoms with Crippen molar-refractivity contribution in [3.63, 3.8) is 0 Å². The smallest absolute Gasteiger partial charge is 0.166 e. The third-order valence-electron chi connectivity index (χ3n) is 4.37. The number of carbonyl (C=O) groups excluding carboxylic acids is 1.